The highest BCUT2D eigenvalue weighted by molar-refractivity contribution is 6.00. The summed E-state index contributed by atoms with van der Waals surface area (Å²) in [7, 11) is 0. The lowest BCUT2D eigenvalue weighted by molar-refractivity contribution is 0.171. The average Bonchev–Trinajstić information content (AvgIpc) is 1.89. The van der Waals surface area contributed by atoms with Crippen LogP contribution in [-0.2, 0) is 4.84 Å². The Hall–Kier alpha value is -1.05. The van der Waals surface area contributed by atoms with Crippen molar-refractivity contribution in [2.45, 2.75) is 6.92 Å². The second-order valence-electron chi connectivity index (χ2n) is 1.84. The molecular weight excluding hydrogens is 114 g/mol. The molecule has 2 nitrogen and oxygen atoms in total. The van der Waals surface area contributed by atoms with Crippen LogP contribution in [0, 0.1) is 0 Å². The summed E-state index contributed by atoms with van der Waals surface area (Å²) >= 11 is 0. The van der Waals surface area contributed by atoms with Gasteiger partial charge in [0.15, 0.2) is 0 Å². The third-order valence-electron chi connectivity index (χ3n) is 1.22. The molecule has 0 fully saturated rings. The molecule has 1 aliphatic heterocycles. The van der Waals surface area contributed by atoms with Gasteiger partial charge in [0, 0.05) is 0 Å². The fourth-order valence-electron chi connectivity index (χ4n) is 0.693. The van der Waals surface area contributed by atoms with Gasteiger partial charge < -0.3 is 4.84 Å². The second-order valence-corrected chi connectivity index (χ2v) is 1.84. The maximum absolute atomic E-state index is 4.78. The molecule has 0 aromatic carbocycles. The van der Waals surface area contributed by atoms with E-state index in [0.717, 1.165) is 11.3 Å². The van der Waals surface area contributed by atoms with E-state index in [9.17, 15) is 0 Å². The van der Waals surface area contributed by atoms with E-state index in [1.807, 2.05) is 13.0 Å². The molecule has 0 saturated heterocycles. The first kappa shape index (κ1) is 6.08. The molecule has 0 unspecified atom stereocenters. The average molecular weight is 123 g/mol. The van der Waals surface area contributed by atoms with Crippen LogP contribution in [0.4, 0.5) is 0 Å². The summed E-state index contributed by atoms with van der Waals surface area (Å²) in [6.07, 6.45) is 3.73. The maximum atomic E-state index is 4.78. The predicted molar refractivity (Wildman–Crippen MR) is 37.3 cm³/mol. The van der Waals surface area contributed by atoms with Crippen molar-refractivity contribution in [3.8, 4) is 0 Å². The number of hydrogen-bond donors (Lipinski definition) is 0. The summed E-state index contributed by atoms with van der Waals surface area (Å²) in [5, 5.41) is 3.76. The summed E-state index contributed by atoms with van der Waals surface area (Å²) < 4.78 is 0. The molecule has 1 aliphatic rings. The highest BCUT2D eigenvalue weighted by Crippen LogP contribution is 2.04. The minimum atomic E-state index is 0.568. The third-order valence-corrected chi connectivity index (χ3v) is 1.22. The number of nitrogens with zero attached hydrogens (tertiary/aromatic N) is 1. The van der Waals surface area contributed by atoms with Gasteiger partial charge in [-0.05, 0) is 18.6 Å². The van der Waals surface area contributed by atoms with E-state index < -0.39 is 0 Å². The van der Waals surface area contributed by atoms with Crippen LogP contribution in [0.5, 0.6) is 0 Å². The highest BCUT2D eigenvalue weighted by Gasteiger charge is 2.00. The molecule has 0 aromatic heterocycles. The van der Waals surface area contributed by atoms with Gasteiger partial charge in [-0.1, -0.05) is 17.8 Å². The Morgan fingerprint density at radius 2 is 2.67 bits per heavy atom. The molecule has 0 atom stereocenters. The van der Waals surface area contributed by atoms with Gasteiger partial charge in [-0.25, -0.2) is 0 Å². The van der Waals surface area contributed by atoms with Crippen molar-refractivity contribution in [1.82, 2.24) is 0 Å². The van der Waals surface area contributed by atoms with Gasteiger partial charge in [-0.2, -0.15) is 0 Å². The molecule has 0 bridgehead atoms. The van der Waals surface area contributed by atoms with Gasteiger partial charge in [0.05, 0.1) is 5.71 Å². The number of rotatable bonds is 1. The first-order valence-electron chi connectivity index (χ1n) is 2.84. The van der Waals surface area contributed by atoms with E-state index in [-0.39, 0.29) is 0 Å². The first-order valence-corrected chi connectivity index (χ1v) is 2.84. The zero-order valence-electron chi connectivity index (χ0n) is 5.42. The predicted octanol–water partition coefficient (Wildman–Crippen LogP) is 1.50. The summed E-state index contributed by atoms with van der Waals surface area (Å²) in [5.41, 5.74) is 1.97. The highest BCUT2D eigenvalue weighted by atomic mass is 16.6. The summed E-state index contributed by atoms with van der Waals surface area (Å²) in [6, 6.07) is 0. The molecule has 1 rings (SSSR count). The molecule has 0 aliphatic carbocycles. The van der Waals surface area contributed by atoms with E-state index in [1.54, 1.807) is 6.08 Å². The maximum Gasteiger partial charge on any atom is 0.136 e. The molecule has 0 saturated carbocycles. The minimum absolute atomic E-state index is 0.568. The lowest BCUT2D eigenvalue weighted by atomic mass is 10.1. The van der Waals surface area contributed by atoms with Crippen molar-refractivity contribution in [2.24, 2.45) is 5.16 Å². The standard InChI is InChI=1S/C7H9NO/c1-3-7-4-5-9-8-6(7)2/h3-4H,1,5H2,2H3. The van der Waals surface area contributed by atoms with Gasteiger partial charge in [-0.15, -0.1) is 0 Å². The lowest BCUT2D eigenvalue weighted by Crippen LogP contribution is -2.03. The third kappa shape index (κ3) is 1.19. The molecule has 48 valence electrons. The molecule has 0 radical (unpaired) electrons. The molecule has 1 heterocycles. The monoisotopic (exact) mass is 123 g/mol. The zero-order valence-corrected chi connectivity index (χ0v) is 5.42. The van der Waals surface area contributed by atoms with Crippen molar-refractivity contribution in [1.29, 1.82) is 0 Å². The normalized spacial score (nSPS) is 17.4. The number of oxime groups is 1. The summed E-state index contributed by atoms with van der Waals surface area (Å²) in [4.78, 5) is 4.78. The molecular formula is C7H9NO. The summed E-state index contributed by atoms with van der Waals surface area (Å²) in [6.45, 7) is 6.09. The first-order chi connectivity index (χ1) is 4.34. The van der Waals surface area contributed by atoms with Crippen molar-refractivity contribution >= 4 is 5.71 Å². The van der Waals surface area contributed by atoms with Crippen LogP contribution in [0.2, 0.25) is 0 Å². The topological polar surface area (TPSA) is 21.6 Å². The molecule has 0 N–H and O–H groups in total. The van der Waals surface area contributed by atoms with Gasteiger partial charge in [0.25, 0.3) is 0 Å². The van der Waals surface area contributed by atoms with E-state index >= 15 is 0 Å². The van der Waals surface area contributed by atoms with Crippen LogP contribution in [0.1, 0.15) is 6.92 Å². The quantitative estimate of drug-likeness (QED) is 0.517. The Kier molecular flexibility index (Phi) is 1.68. The van der Waals surface area contributed by atoms with Crippen LogP contribution in [0.15, 0.2) is 29.5 Å². The Morgan fingerprint density at radius 3 is 3.11 bits per heavy atom. The second kappa shape index (κ2) is 2.49. The number of hydrogen-bond acceptors (Lipinski definition) is 2. The van der Waals surface area contributed by atoms with Gasteiger partial charge >= 0.3 is 0 Å². The van der Waals surface area contributed by atoms with Gasteiger partial charge in [0.2, 0.25) is 0 Å². The molecule has 0 amide bonds. The van der Waals surface area contributed by atoms with E-state index in [1.165, 1.54) is 0 Å². The van der Waals surface area contributed by atoms with Crippen LogP contribution < -0.4 is 0 Å². The molecule has 0 aromatic rings. The van der Waals surface area contributed by atoms with Gasteiger partial charge in [0.1, 0.15) is 6.61 Å². The van der Waals surface area contributed by atoms with Crippen LogP contribution in [0.3, 0.4) is 0 Å². The SMILES string of the molecule is C=CC1=CCON=C1C. The fraction of sp³-hybridized carbons (Fsp3) is 0.286. The minimum Gasteiger partial charge on any atom is -0.391 e. The van der Waals surface area contributed by atoms with Crippen molar-refractivity contribution < 1.29 is 4.84 Å². The van der Waals surface area contributed by atoms with Crippen molar-refractivity contribution in [3.63, 3.8) is 0 Å². The Morgan fingerprint density at radius 1 is 1.89 bits per heavy atom. The Labute approximate surface area is 54.5 Å². The summed E-state index contributed by atoms with van der Waals surface area (Å²) in [5.74, 6) is 0. The van der Waals surface area contributed by atoms with Crippen LogP contribution in [-0.4, -0.2) is 12.3 Å². The molecule has 0 spiro atoms. The van der Waals surface area contributed by atoms with E-state index in [0.29, 0.717) is 6.61 Å². The smallest absolute Gasteiger partial charge is 0.136 e. The van der Waals surface area contributed by atoms with E-state index in [2.05, 4.69) is 11.7 Å². The van der Waals surface area contributed by atoms with Crippen molar-refractivity contribution in [2.75, 3.05) is 6.61 Å². The Bertz CT molecular complexity index is 179. The van der Waals surface area contributed by atoms with Crippen LogP contribution >= 0.6 is 0 Å². The van der Waals surface area contributed by atoms with Crippen molar-refractivity contribution in [3.05, 3.63) is 24.3 Å². The Balaban J connectivity index is 2.79. The lowest BCUT2D eigenvalue weighted by Gasteiger charge is -2.06. The molecule has 9 heavy (non-hydrogen) atoms. The van der Waals surface area contributed by atoms with E-state index in [4.69, 9.17) is 4.84 Å². The number of allylic oxidation sites excluding steroid dienone is 2. The molecule has 2 heteroatoms. The largest absolute Gasteiger partial charge is 0.391 e. The van der Waals surface area contributed by atoms with Gasteiger partial charge in [-0.3, -0.25) is 0 Å². The zero-order chi connectivity index (χ0) is 6.69. The van der Waals surface area contributed by atoms with Crippen LogP contribution in [0.25, 0.3) is 0 Å². The fourth-order valence-corrected chi connectivity index (χ4v) is 0.693.